The molecule has 0 spiro atoms. The maximum Gasteiger partial charge on any atom is 0.203 e. The molecule has 4 aromatic heterocycles. The molecule has 3 nitrogen and oxygen atoms in total. The van der Waals surface area contributed by atoms with E-state index in [2.05, 4.69) is 151 Å². The van der Waals surface area contributed by atoms with Crippen LogP contribution in [-0.2, 0) is 18.3 Å². The van der Waals surface area contributed by atoms with E-state index in [9.17, 15) is 0 Å². The van der Waals surface area contributed by atoms with Crippen molar-refractivity contribution in [3.63, 3.8) is 0 Å². The Balaban J connectivity index is 1.37. The van der Waals surface area contributed by atoms with Gasteiger partial charge in [-0.1, -0.05) is 85.7 Å². The first-order chi connectivity index (χ1) is 22.8. The number of hydrogen-bond acceptors (Lipinski definition) is 1. The van der Waals surface area contributed by atoms with Crippen molar-refractivity contribution >= 4 is 61.5 Å². The lowest BCUT2D eigenvalue weighted by Crippen LogP contribution is -2.17. The first-order valence-electron chi connectivity index (χ1n) is 16.5. The Kier molecular flexibility index (Phi) is 5.67. The van der Waals surface area contributed by atoms with E-state index < -0.39 is 0 Å². The highest BCUT2D eigenvalue weighted by molar-refractivity contribution is 7.31. The van der Waals surface area contributed by atoms with E-state index in [-0.39, 0.29) is 5.41 Å². The molecule has 0 amide bonds. The number of para-hydroxylation sites is 1. The highest BCUT2D eigenvalue weighted by Crippen LogP contribution is 2.51. The Labute approximate surface area is 279 Å². The van der Waals surface area contributed by atoms with Gasteiger partial charge in [-0.25, -0.2) is 0 Å². The fourth-order valence-corrected chi connectivity index (χ4v) is 10.8. The normalized spacial score (nSPS) is 13.3. The van der Waals surface area contributed by atoms with E-state index >= 15 is 0 Å². The van der Waals surface area contributed by atoms with Crippen molar-refractivity contribution in [2.45, 2.75) is 46.0 Å². The largest absolute Gasteiger partial charge is 0.301 e. The second-order valence-corrected chi connectivity index (χ2v) is 16.5. The molecule has 5 aromatic carbocycles. The zero-order valence-electron chi connectivity index (χ0n) is 27.1. The number of aryl methyl sites for hydroxylation is 1. The summed E-state index contributed by atoms with van der Waals surface area (Å²) in [4.78, 5) is 1.35. The number of thiophene rings is 1. The van der Waals surface area contributed by atoms with Crippen LogP contribution in [0.2, 0.25) is 0 Å². The van der Waals surface area contributed by atoms with Crippen molar-refractivity contribution in [1.29, 1.82) is 0 Å². The van der Waals surface area contributed by atoms with E-state index in [0.717, 1.165) is 12.8 Å². The Morgan fingerprint density at radius 1 is 0.809 bits per heavy atom. The molecule has 4 heterocycles. The fraction of sp³-hybridized carbons (Fsp3) is 0.167. The van der Waals surface area contributed by atoms with Crippen LogP contribution >= 0.6 is 19.7 Å². The lowest BCUT2D eigenvalue weighted by molar-refractivity contribution is -0.539. The third-order valence-corrected chi connectivity index (χ3v) is 12.9. The summed E-state index contributed by atoms with van der Waals surface area (Å²) in [5.41, 5.74) is 15.4. The quantitative estimate of drug-likeness (QED) is 0.182. The lowest BCUT2D eigenvalue weighted by Gasteiger charge is -2.21. The molecule has 5 heteroatoms. The first-order valence-corrected chi connectivity index (χ1v) is 18.3. The monoisotopic (exact) mass is 644 g/mol. The minimum atomic E-state index is 0.124. The maximum atomic E-state index is 2.56. The molecular weight excluding hydrogens is 610 g/mol. The summed E-state index contributed by atoms with van der Waals surface area (Å²) in [5.74, 6) is 0. The summed E-state index contributed by atoms with van der Waals surface area (Å²) in [6.07, 6.45) is 6.31. The summed E-state index contributed by atoms with van der Waals surface area (Å²) in [5, 5.41) is 5.76. The molecule has 1 atom stereocenters. The number of nitrogens with zero attached hydrogens (tertiary/aromatic N) is 3. The second-order valence-electron chi connectivity index (χ2n) is 14.3. The Morgan fingerprint density at radius 2 is 1.64 bits per heavy atom. The molecular formula is C42H35N3PS+. The minimum absolute atomic E-state index is 0.124. The molecule has 0 saturated heterocycles. The molecule has 0 aliphatic heterocycles. The van der Waals surface area contributed by atoms with Crippen molar-refractivity contribution in [2.24, 2.45) is 0 Å². The van der Waals surface area contributed by atoms with Gasteiger partial charge in [-0.2, -0.15) is 0 Å². The van der Waals surface area contributed by atoms with Crippen LogP contribution in [0.3, 0.4) is 0 Å². The third kappa shape index (κ3) is 3.89. The molecule has 0 fully saturated rings. The van der Waals surface area contributed by atoms with Gasteiger partial charge in [0.25, 0.3) is 0 Å². The zero-order valence-corrected chi connectivity index (χ0v) is 28.9. The number of rotatable bonds is 3. The topological polar surface area (TPSA) is 13.4 Å². The molecule has 1 unspecified atom stereocenters. The summed E-state index contributed by atoms with van der Waals surface area (Å²) in [6.45, 7) is 9.24. The molecule has 1 aliphatic carbocycles. The number of aromatic nitrogens is 3. The number of fused-ring (bicyclic) bond motifs is 12. The second kappa shape index (κ2) is 9.70. The van der Waals surface area contributed by atoms with Crippen molar-refractivity contribution in [1.82, 2.24) is 9.08 Å². The molecule has 0 saturated carbocycles. The van der Waals surface area contributed by atoms with Crippen molar-refractivity contribution < 1.29 is 4.28 Å². The van der Waals surface area contributed by atoms with E-state index in [1.54, 1.807) is 0 Å². The van der Waals surface area contributed by atoms with Crippen LogP contribution in [0.5, 0.6) is 0 Å². The predicted octanol–water partition coefficient (Wildman–Crippen LogP) is 10.8. The number of hydrogen-bond donors (Lipinski definition) is 0. The van der Waals surface area contributed by atoms with Crippen LogP contribution in [0.1, 0.15) is 54.2 Å². The van der Waals surface area contributed by atoms with Crippen LogP contribution in [0.25, 0.3) is 58.7 Å². The van der Waals surface area contributed by atoms with Crippen molar-refractivity contribution in [3.05, 3.63) is 143 Å². The molecule has 47 heavy (non-hydrogen) atoms. The summed E-state index contributed by atoms with van der Waals surface area (Å²) >= 11 is 1.95. The highest BCUT2D eigenvalue weighted by atomic mass is 32.1. The Morgan fingerprint density at radius 3 is 2.47 bits per heavy atom. The van der Waals surface area contributed by atoms with Gasteiger partial charge in [0.15, 0.2) is 8.35 Å². The fourth-order valence-electron chi connectivity index (χ4n) is 8.09. The summed E-state index contributed by atoms with van der Waals surface area (Å²) < 4.78 is 8.62. The summed E-state index contributed by atoms with van der Waals surface area (Å²) in [7, 11) is 0.576. The van der Waals surface area contributed by atoms with Crippen molar-refractivity contribution in [3.8, 4) is 16.8 Å². The van der Waals surface area contributed by atoms with Gasteiger partial charge in [0, 0.05) is 32.6 Å². The number of benzene rings is 5. The minimum Gasteiger partial charge on any atom is -0.301 e. The standard InChI is InChI=1S/C42H35N3PS/c1-25-21-28(42(2,3)4)16-15-26(25)22-33-31-23-27-11-8-9-14-30(27)32(31)24-35-37(33)39-38-36(47-41(39)45(35)29-12-6-5-7-13-29)18-17-34-40(38)46-44-20-10-19-43(34)44/h5-21,24,46H,22-23H2,1-4H3/q+1. The van der Waals surface area contributed by atoms with E-state index in [1.165, 1.54) is 92.0 Å². The van der Waals surface area contributed by atoms with Gasteiger partial charge in [-0.15, -0.1) is 15.9 Å². The van der Waals surface area contributed by atoms with Gasteiger partial charge in [0.2, 0.25) is 6.20 Å². The van der Waals surface area contributed by atoms with Crippen molar-refractivity contribution in [2.75, 3.05) is 0 Å². The SMILES string of the molecule is Cc1cc(C(C)(C)C)ccc1Cc1c2c(cc3c1c1c4c(ccc5c4[pH][n+]4cccn54)sc1n3-c1ccccc1)-c1ccccc1C2. The van der Waals surface area contributed by atoms with Gasteiger partial charge >= 0.3 is 0 Å². The van der Waals surface area contributed by atoms with E-state index in [4.69, 9.17) is 0 Å². The van der Waals surface area contributed by atoms with E-state index in [0.29, 0.717) is 8.35 Å². The van der Waals surface area contributed by atoms with Gasteiger partial charge in [-0.3, -0.25) is 0 Å². The molecule has 228 valence electrons. The molecule has 10 rings (SSSR count). The maximum absolute atomic E-state index is 2.56. The Bertz CT molecular complexity index is 2730. The molecule has 0 N–H and O–H groups in total. The predicted molar refractivity (Wildman–Crippen MR) is 201 cm³/mol. The van der Waals surface area contributed by atoms with Gasteiger partial charge < -0.3 is 4.57 Å². The molecule has 1 aliphatic rings. The highest BCUT2D eigenvalue weighted by Gasteiger charge is 2.30. The van der Waals surface area contributed by atoms with Gasteiger partial charge in [0.1, 0.15) is 10.3 Å². The lowest BCUT2D eigenvalue weighted by atomic mass is 9.84. The van der Waals surface area contributed by atoms with Crippen LogP contribution in [-0.4, -0.2) is 9.08 Å². The average molecular weight is 645 g/mol. The van der Waals surface area contributed by atoms with Crippen LogP contribution < -0.4 is 4.28 Å². The van der Waals surface area contributed by atoms with Gasteiger partial charge in [-0.05, 0) is 100 Å². The van der Waals surface area contributed by atoms with E-state index in [1.807, 2.05) is 11.3 Å². The smallest absolute Gasteiger partial charge is 0.203 e. The zero-order chi connectivity index (χ0) is 31.6. The van der Waals surface area contributed by atoms with Crippen LogP contribution in [0.15, 0.2) is 109 Å². The summed E-state index contributed by atoms with van der Waals surface area (Å²) in [6, 6.07) is 36.6. The Hall–Kier alpha value is -4.63. The first kappa shape index (κ1) is 27.5. The average Bonchev–Trinajstić information content (AvgIpc) is 3.87. The molecule has 0 bridgehead atoms. The van der Waals surface area contributed by atoms with Gasteiger partial charge in [0.05, 0.1) is 16.8 Å². The molecule has 9 aromatic rings. The van der Waals surface area contributed by atoms with Crippen LogP contribution in [0.4, 0.5) is 0 Å². The molecule has 0 radical (unpaired) electrons. The van der Waals surface area contributed by atoms with Crippen LogP contribution in [0, 0.1) is 6.92 Å². The third-order valence-electron chi connectivity index (χ3n) is 10.5.